The molecular formula is C18H24N4O. The van der Waals surface area contributed by atoms with Gasteiger partial charge in [0.05, 0.1) is 11.0 Å². The molecule has 1 aliphatic heterocycles. The molecule has 122 valence electrons. The van der Waals surface area contributed by atoms with Crippen molar-refractivity contribution in [1.29, 1.82) is 0 Å². The molecule has 1 saturated heterocycles. The molecule has 0 radical (unpaired) electrons. The molecule has 1 aromatic heterocycles. The summed E-state index contributed by atoms with van der Waals surface area (Å²) in [7, 11) is 2.07. The standard InChI is InChI=1S/C18H24N4O/c1-4-13-11-16-15(12-14(13)19-17(23)5-2)20-18(21(16)3)22-9-7-6-8-10-22/h5,11-12H,2,4,6-10H2,1,3H3,(H,19,23). The van der Waals surface area contributed by atoms with Crippen molar-refractivity contribution < 1.29 is 4.79 Å². The van der Waals surface area contributed by atoms with Crippen LogP contribution in [-0.2, 0) is 18.3 Å². The molecule has 0 bridgehead atoms. The molecule has 2 aromatic rings. The summed E-state index contributed by atoms with van der Waals surface area (Å²) in [5.74, 6) is 0.834. The maximum Gasteiger partial charge on any atom is 0.247 e. The van der Waals surface area contributed by atoms with E-state index in [1.165, 1.54) is 25.3 Å². The quantitative estimate of drug-likeness (QED) is 0.882. The number of nitrogens with zero attached hydrogens (tertiary/aromatic N) is 3. The second-order valence-corrected chi connectivity index (χ2v) is 6.06. The van der Waals surface area contributed by atoms with Crippen molar-refractivity contribution >= 4 is 28.6 Å². The predicted molar refractivity (Wildman–Crippen MR) is 95.0 cm³/mol. The molecule has 0 unspecified atom stereocenters. The first kappa shape index (κ1) is 15.6. The molecule has 1 amide bonds. The Bertz CT molecular complexity index is 741. The van der Waals surface area contributed by atoms with Gasteiger partial charge in [-0.25, -0.2) is 4.98 Å². The Morgan fingerprint density at radius 3 is 2.74 bits per heavy atom. The van der Waals surface area contributed by atoms with Crippen molar-refractivity contribution in [1.82, 2.24) is 9.55 Å². The Hall–Kier alpha value is -2.30. The number of aromatic nitrogens is 2. The van der Waals surface area contributed by atoms with Crippen molar-refractivity contribution in [3.8, 4) is 0 Å². The average Bonchev–Trinajstić information content (AvgIpc) is 2.90. The fourth-order valence-corrected chi connectivity index (χ4v) is 3.24. The first-order valence-electron chi connectivity index (χ1n) is 8.31. The molecule has 5 nitrogen and oxygen atoms in total. The summed E-state index contributed by atoms with van der Waals surface area (Å²) in [5.41, 5.74) is 3.97. The minimum Gasteiger partial charge on any atom is -0.342 e. The number of fused-ring (bicyclic) bond motifs is 1. The van der Waals surface area contributed by atoms with E-state index in [0.717, 1.165) is 47.7 Å². The minimum absolute atomic E-state index is 0.189. The van der Waals surface area contributed by atoms with Crippen LogP contribution in [0.25, 0.3) is 11.0 Å². The van der Waals surface area contributed by atoms with E-state index in [-0.39, 0.29) is 5.91 Å². The summed E-state index contributed by atoms with van der Waals surface area (Å²) < 4.78 is 2.17. The first-order chi connectivity index (χ1) is 11.1. The van der Waals surface area contributed by atoms with Gasteiger partial charge < -0.3 is 14.8 Å². The smallest absolute Gasteiger partial charge is 0.247 e. The van der Waals surface area contributed by atoms with Gasteiger partial charge in [-0.05, 0) is 49.5 Å². The summed E-state index contributed by atoms with van der Waals surface area (Å²) in [5, 5.41) is 2.89. The van der Waals surface area contributed by atoms with E-state index in [9.17, 15) is 4.79 Å². The Kier molecular flexibility index (Phi) is 4.37. The molecule has 1 fully saturated rings. The van der Waals surface area contributed by atoms with Crippen molar-refractivity contribution in [2.75, 3.05) is 23.3 Å². The Balaban J connectivity index is 2.04. The van der Waals surface area contributed by atoms with Gasteiger partial charge in [-0.1, -0.05) is 13.5 Å². The second-order valence-electron chi connectivity index (χ2n) is 6.06. The van der Waals surface area contributed by atoms with Gasteiger partial charge in [0.15, 0.2) is 0 Å². The van der Waals surface area contributed by atoms with Gasteiger partial charge >= 0.3 is 0 Å². The molecule has 0 aliphatic carbocycles. The zero-order valence-corrected chi connectivity index (χ0v) is 13.9. The van der Waals surface area contributed by atoms with Crippen LogP contribution in [-0.4, -0.2) is 28.5 Å². The van der Waals surface area contributed by atoms with E-state index in [0.29, 0.717) is 0 Å². The highest BCUT2D eigenvalue weighted by Gasteiger charge is 2.18. The molecule has 2 heterocycles. The summed E-state index contributed by atoms with van der Waals surface area (Å²) in [6, 6.07) is 4.11. The molecule has 3 rings (SSSR count). The SMILES string of the molecule is C=CC(=O)Nc1cc2nc(N3CCCCC3)n(C)c2cc1CC. The van der Waals surface area contributed by atoms with Crippen LogP contribution in [0.5, 0.6) is 0 Å². The van der Waals surface area contributed by atoms with Crippen molar-refractivity contribution in [2.45, 2.75) is 32.6 Å². The van der Waals surface area contributed by atoms with Gasteiger partial charge in [0.1, 0.15) is 0 Å². The number of carbonyl (C=O) groups is 1. The van der Waals surface area contributed by atoms with E-state index in [2.05, 4.69) is 41.4 Å². The Morgan fingerprint density at radius 1 is 1.35 bits per heavy atom. The Morgan fingerprint density at radius 2 is 2.09 bits per heavy atom. The zero-order chi connectivity index (χ0) is 16.4. The third-order valence-electron chi connectivity index (χ3n) is 4.55. The van der Waals surface area contributed by atoms with E-state index < -0.39 is 0 Å². The summed E-state index contributed by atoms with van der Waals surface area (Å²) in [6.07, 6.45) is 5.90. The van der Waals surface area contributed by atoms with Gasteiger partial charge in [0.2, 0.25) is 11.9 Å². The number of carbonyl (C=O) groups excluding carboxylic acids is 1. The van der Waals surface area contributed by atoms with Crippen molar-refractivity contribution in [3.63, 3.8) is 0 Å². The zero-order valence-electron chi connectivity index (χ0n) is 13.9. The van der Waals surface area contributed by atoms with Gasteiger partial charge in [-0.15, -0.1) is 0 Å². The third kappa shape index (κ3) is 2.96. The lowest BCUT2D eigenvalue weighted by molar-refractivity contribution is -0.111. The van der Waals surface area contributed by atoms with Crippen LogP contribution in [0.1, 0.15) is 31.7 Å². The molecular weight excluding hydrogens is 288 g/mol. The number of benzene rings is 1. The van der Waals surface area contributed by atoms with Gasteiger partial charge in [-0.3, -0.25) is 4.79 Å². The highest BCUT2D eigenvalue weighted by atomic mass is 16.1. The normalized spacial score (nSPS) is 15.0. The minimum atomic E-state index is -0.189. The molecule has 0 saturated carbocycles. The fraction of sp³-hybridized carbons (Fsp3) is 0.444. The topological polar surface area (TPSA) is 50.2 Å². The molecule has 1 aromatic carbocycles. The lowest BCUT2D eigenvalue weighted by Crippen LogP contribution is -2.31. The summed E-state index contributed by atoms with van der Waals surface area (Å²) in [4.78, 5) is 18.8. The average molecular weight is 312 g/mol. The lowest BCUT2D eigenvalue weighted by Gasteiger charge is -2.27. The predicted octanol–water partition coefficient (Wildman–Crippen LogP) is 3.25. The number of imidazole rings is 1. The van der Waals surface area contributed by atoms with Gasteiger partial charge in [-0.2, -0.15) is 0 Å². The second kappa shape index (κ2) is 6.44. The number of anilines is 2. The highest BCUT2D eigenvalue weighted by Crippen LogP contribution is 2.29. The first-order valence-corrected chi connectivity index (χ1v) is 8.31. The molecule has 1 aliphatic rings. The molecule has 0 atom stereocenters. The number of amides is 1. The van der Waals surface area contributed by atoms with Crippen LogP contribution < -0.4 is 10.2 Å². The maximum absolute atomic E-state index is 11.6. The number of piperidine rings is 1. The Labute approximate surface area is 137 Å². The van der Waals surface area contributed by atoms with E-state index in [1.807, 2.05) is 6.07 Å². The van der Waals surface area contributed by atoms with Crippen LogP contribution in [0.4, 0.5) is 11.6 Å². The van der Waals surface area contributed by atoms with Gasteiger partial charge in [0, 0.05) is 25.8 Å². The molecule has 1 N–H and O–H groups in total. The number of hydrogen-bond acceptors (Lipinski definition) is 3. The third-order valence-corrected chi connectivity index (χ3v) is 4.55. The number of nitrogens with one attached hydrogen (secondary N) is 1. The van der Waals surface area contributed by atoms with Crippen LogP contribution in [0.3, 0.4) is 0 Å². The molecule has 0 spiro atoms. The largest absolute Gasteiger partial charge is 0.342 e. The van der Waals surface area contributed by atoms with Crippen LogP contribution in [0.15, 0.2) is 24.8 Å². The van der Waals surface area contributed by atoms with Crippen LogP contribution >= 0.6 is 0 Å². The van der Waals surface area contributed by atoms with Gasteiger partial charge in [0.25, 0.3) is 0 Å². The maximum atomic E-state index is 11.6. The summed E-state index contributed by atoms with van der Waals surface area (Å²) >= 11 is 0. The molecule has 23 heavy (non-hydrogen) atoms. The number of aryl methyl sites for hydroxylation is 2. The summed E-state index contributed by atoms with van der Waals surface area (Å²) in [6.45, 7) is 7.74. The molecule has 5 heteroatoms. The van der Waals surface area contributed by atoms with Crippen molar-refractivity contribution in [3.05, 3.63) is 30.4 Å². The van der Waals surface area contributed by atoms with E-state index in [4.69, 9.17) is 4.98 Å². The highest BCUT2D eigenvalue weighted by molar-refractivity contribution is 6.01. The monoisotopic (exact) mass is 312 g/mol. The number of rotatable bonds is 4. The van der Waals surface area contributed by atoms with E-state index >= 15 is 0 Å². The van der Waals surface area contributed by atoms with E-state index in [1.54, 1.807) is 0 Å². The number of hydrogen-bond donors (Lipinski definition) is 1. The lowest BCUT2D eigenvalue weighted by atomic mass is 10.1. The van der Waals surface area contributed by atoms with Crippen molar-refractivity contribution in [2.24, 2.45) is 7.05 Å². The fourth-order valence-electron chi connectivity index (χ4n) is 3.24. The van der Waals surface area contributed by atoms with Crippen LogP contribution in [0.2, 0.25) is 0 Å². The van der Waals surface area contributed by atoms with Crippen LogP contribution in [0, 0.1) is 0 Å².